The molecule has 0 saturated heterocycles. The molecule has 0 radical (unpaired) electrons. The van der Waals surface area contributed by atoms with Gasteiger partial charge in [0.05, 0.1) is 26.2 Å². The van der Waals surface area contributed by atoms with Crippen LogP contribution in [0.15, 0.2) is 101 Å². The summed E-state index contributed by atoms with van der Waals surface area (Å²) in [7, 11) is 3.28. The predicted octanol–water partition coefficient (Wildman–Crippen LogP) is 6.51. The molecular formula is C24H23NO3S. The van der Waals surface area contributed by atoms with Crippen LogP contribution in [0.1, 0.15) is 6.92 Å². The standard InChI is InChI=1S/C24H23NO3S/c1-18(17-28-23-12-8-7-11-22(23)27-3)24(29-21-9-5-4-6-10-21)25-19-13-15-20(26-2)16-14-19/h4-17H,1-3H3/b18-17+,25-24?. The van der Waals surface area contributed by atoms with E-state index in [0.717, 1.165) is 26.9 Å². The van der Waals surface area contributed by atoms with E-state index >= 15 is 0 Å². The van der Waals surface area contributed by atoms with Crippen LogP contribution in [0, 0.1) is 0 Å². The van der Waals surface area contributed by atoms with Gasteiger partial charge in [-0.2, -0.15) is 0 Å². The number of rotatable bonds is 7. The molecule has 0 aliphatic heterocycles. The highest BCUT2D eigenvalue weighted by atomic mass is 32.2. The van der Waals surface area contributed by atoms with Gasteiger partial charge in [0.15, 0.2) is 11.5 Å². The van der Waals surface area contributed by atoms with Crippen molar-refractivity contribution < 1.29 is 14.2 Å². The molecule has 29 heavy (non-hydrogen) atoms. The Bertz CT molecular complexity index is 983. The summed E-state index contributed by atoms with van der Waals surface area (Å²) in [5, 5.41) is 0.844. The Morgan fingerprint density at radius 3 is 2.10 bits per heavy atom. The van der Waals surface area contributed by atoms with Crippen molar-refractivity contribution in [2.45, 2.75) is 11.8 Å². The highest BCUT2D eigenvalue weighted by molar-refractivity contribution is 8.14. The minimum absolute atomic E-state index is 0.655. The second-order valence-electron chi connectivity index (χ2n) is 6.10. The largest absolute Gasteiger partial charge is 0.497 e. The smallest absolute Gasteiger partial charge is 0.168 e. The molecule has 0 amide bonds. The predicted molar refractivity (Wildman–Crippen MR) is 120 cm³/mol. The fourth-order valence-electron chi connectivity index (χ4n) is 2.48. The lowest BCUT2D eigenvalue weighted by molar-refractivity contribution is 0.377. The molecule has 0 unspecified atom stereocenters. The number of nitrogens with zero attached hydrogens (tertiary/aromatic N) is 1. The number of benzene rings is 3. The van der Waals surface area contributed by atoms with Crippen LogP contribution < -0.4 is 14.2 Å². The molecule has 0 spiro atoms. The summed E-state index contributed by atoms with van der Waals surface area (Å²) in [6, 6.07) is 25.3. The fraction of sp³-hybridized carbons (Fsp3) is 0.125. The highest BCUT2D eigenvalue weighted by Crippen LogP contribution is 2.29. The van der Waals surface area contributed by atoms with E-state index in [0.29, 0.717) is 11.5 Å². The second kappa shape index (κ2) is 10.4. The van der Waals surface area contributed by atoms with Crippen LogP contribution in [0.2, 0.25) is 0 Å². The number of hydrogen-bond acceptors (Lipinski definition) is 5. The maximum atomic E-state index is 5.88. The summed E-state index contributed by atoms with van der Waals surface area (Å²) in [6.45, 7) is 1.98. The Balaban J connectivity index is 1.89. The van der Waals surface area contributed by atoms with Gasteiger partial charge in [-0.05, 0) is 55.5 Å². The molecule has 0 fully saturated rings. The van der Waals surface area contributed by atoms with E-state index < -0.39 is 0 Å². The Morgan fingerprint density at radius 1 is 0.793 bits per heavy atom. The molecule has 0 aliphatic carbocycles. The molecule has 0 aliphatic rings. The van der Waals surface area contributed by atoms with Gasteiger partial charge in [0.2, 0.25) is 0 Å². The van der Waals surface area contributed by atoms with Gasteiger partial charge in [-0.15, -0.1) is 0 Å². The monoisotopic (exact) mass is 405 g/mol. The molecular weight excluding hydrogens is 382 g/mol. The second-order valence-corrected chi connectivity index (χ2v) is 7.16. The van der Waals surface area contributed by atoms with Crippen LogP contribution in [-0.2, 0) is 0 Å². The van der Waals surface area contributed by atoms with Crippen molar-refractivity contribution in [1.82, 2.24) is 0 Å². The van der Waals surface area contributed by atoms with Crippen LogP contribution >= 0.6 is 11.8 Å². The van der Waals surface area contributed by atoms with Crippen LogP contribution in [0.5, 0.6) is 17.2 Å². The third-order valence-corrected chi connectivity index (χ3v) is 5.14. The third kappa shape index (κ3) is 5.90. The minimum atomic E-state index is 0.655. The van der Waals surface area contributed by atoms with Gasteiger partial charge >= 0.3 is 0 Å². The van der Waals surface area contributed by atoms with E-state index in [1.165, 1.54) is 0 Å². The third-order valence-electron chi connectivity index (χ3n) is 4.03. The van der Waals surface area contributed by atoms with E-state index in [9.17, 15) is 0 Å². The molecule has 0 atom stereocenters. The van der Waals surface area contributed by atoms with E-state index in [4.69, 9.17) is 19.2 Å². The van der Waals surface area contributed by atoms with Crippen LogP contribution in [0.3, 0.4) is 0 Å². The number of aliphatic imine (C=N–C) groups is 1. The summed E-state index contributed by atoms with van der Waals surface area (Å²) < 4.78 is 16.5. The van der Waals surface area contributed by atoms with Crippen LogP contribution in [-0.4, -0.2) is 19.3 Å². The quantitative estimate of drug-likeness (QED) is 0.194. The topological polar surface area (TPSA) is 40.0 Å². The molecule has 0 N–H and O–H groups in total. The van der Waals surface area contributed by atoms with Crippen LogP contribution in [0.4, 0.5) is 5.69 Å². The average molecular weight is 406 g/mol. The zero-order valence-corrected chi connectivity index (χ0v) is 17.5. The first-order chi connectivity index (χ1) is 14.2. The maximum Gasteiger partial charge on any atom is 0.168 e. The molecule has 3 aromatic rings. The molecule has 0 heterocycles. The Kier molecular flexibility index (Phi) is 7.36. The Labute approximate surface area is 175 Å². The minimum Gasteiger partial charge on any atom is -0.497 e. The maximum absolute atomic E-state index is 5.88. The fourth-order valence-corrected chi connectivity index (χ4v) is 3.36. The first-order valence-electron chi connectivity index (χ1n) is 9.12. The molecule has 4 nitrogen and oxygen atoms in total. The molecule has 0 bridgehead atoms. The first-order valence-corrected chi connectivity index (χ1v) is 9.93. The zero-order chi connectivity index (χ0) is 20.5. The number of para-hydroxylation sites is 2. The first kappa shape index (κ1) is 20.6. The van der Waals surface area contributed by atoms with Crippen molar-refractivity contribution in [2.75, 3.05) is 14.2 Å². The number of hydrogen-bond donors (Lipinski definition) is 0. The Hall–Kier alpha value is -3.18. The Morgan fingerprint density at radius 2 is 1.45 bits per heavy atom. The molecule has 148 valence electrons. The van der Waals surface area contributed by atoms with Crippen LogP contribution in [0.25, 0.3) is 0 Å². The van der Waals surface area contributed by atoms with Gasteiger partial charge in [-0.3, -0.25) is 0 Å². The van der Waals surface area contributed by atoms with E-state index in [1.807, 2.05) is 73.7 Å². The summed E-state index contributed by atoms with van der Waals surface area (Å²) in [4.78, 5) is 5.93. The van der Waals surface area contributed by atoms with Crippen molar-refractivity contribution in [3.05, 3.63) is 90.7 Å². The van der Waals surface area contributed by atoms with E-state index in [-0.39, 0.29) is 0 Å². The van der Waals surface area contributed by atoms with Crippen molar-refractivity contribution in [2.24, 2.45) is 4.99 Å². The molecule has 5 heteroatoms. The summed E-state index contributed by atoms with van der Waals surface area (Å²) in [5.74, 6) is 2.14. The highest BCUT2D eigenvalue weighted by Gasteiger charge is 2.08. The normalized spacial score (nSPS) is 11.8. The summed E-state index contributed by atoms with van der Waals surface area (Å²) >= 11 is 1.59. The lowest BCUT2D eigenvalue weighted by Crippen LogP contribution is -1.98. The average Bonchev–Trinajstić information content (AvgIpc) is 2.78. The van der Waals surface area contributed by atoms with Crippen molar-refractivity contribution in [3.63, 3.8) is 0 Å². The van der Waals surface area contributed by atoms with Gasteiger partial charge in [0.1, 0.15) is 10.8 Å². The van der Waals surface area contributed by atoms with Gasteiger partial charge in [0, 0.05) is 10.5 Å². The molecule has 0 saturated carbocycles. The van der Waals surface area contributed by atoms with E-state index in [2.05, 4.69) is 12.1 Å². The van der Waals surface area contributed by atoms with E-state index in [1.54, 1.807) is 32.2 Å². The summed E-state index contributed by atoms with van der Waals surface area (Å²) in [6.07, 6.45) is 1.70. The summed E-state index contributed by atoms with van der Waals surface area (Å²) in [5.41, 5.74) is 1.75. The molecule has 3 aromatic carbocycles. The SMILES string of the molecule is COc1ccc(N=C(Sc2ccccc2)/C(C)=C/Oc2ccccc2OC)cc1. The zero-order valence-electron chi connectivity index (χ0n) is 16.7. The number of thioether (sulfide) groups is 1. The number of methoxy groups -OCH3 is 2. The molecule has 3 rings (SSSR count). The number of ether oxygens (including phenoxy) is 3. The van der Waals surface area contributed by atoms with Crippen molar-refractivity contribution in [3.8, 4) is 17.2 Å². The van der Waals surface area contributed by atoms with Crippen molar-refractivity contribution >= 4 is 22.5 Å². The van der Waals surface area contributed by atoms with Gasteiger partial charge in [-0.25, -0.2) is 4.99 Å². The lowest BCUT2D eigenvalue weighted by atomic mass is 10.3. The van der Waals surface area contributed by atoms with Gasteiger partial charge < -0.3 is 14.2 Å². The van der Waals surface area contributed by atoms with Gasteiger partial charge in [0.25, 0.3) is 0 Å². The van der Waals surface area contributed by atoms with Crippen molar-refractivity contribution in [1.29, 1.82) is 0 Å². The van der Waals surface area contributed by atoms with Gasteiger partial charge in [-0.1, -0.05) is 42.1 Å². The molecule has 0 aromatic heterocycles. The lowest BCUT2D eigenvalue weighted by Gasteiger charge is -2.10.